The molecule has 0 saturated heterocycles. The highest BCUT2D eigenvalue weighted by molar-refractivity contribution is 5.92. The van der Waals surface area contributed by atoms with Crippen LogP contribution in [0.3, 0.4) is 0 Å². The minimum absolute atomic E-state index is 0.144. The lowest BCUT2D eigenvalue weighted by atomic mass is 10.0. The molecule has 0 aromatic heterocycles. The third-order valence-electron chi connectivity index (χ3n) is 6.27. The number of amides is 3. The first-order valence-electron chi connectivity index (χ1n) is 13.1. The molecule has 0 saturated carbocycles. The van der Waals surface area contributed by atoms with Crippen LogP contribution in [0.25, 0.3) is 0 Å². The zero-order valence-corrected chi connectivity index (χ0v) is 23.5. The van der Waals surface area contributed by atoms with Crippen LogP contribution in [0, 0.1) is 0 Å². The Bertz CT molecular complexity index is 1070. The van der Waals surface area contributed by atoms with Crippen molar-refractivity contribution in [3.63, 3.8) is 0 Å². The number of aryl methyl sites for hydroxylation is 1. The minimum atomic E-state index is -1.15. The molecule has 40 heavy (non-hydrogen) atoms. The van der Waals surface area contributed by atoms with Crippen LogP contribution in [0.15, 0.2) is 42.5 Å². The maximum atomic E-state index is 13.3. The summed E-state index contributed by atoms with van der Waals surface area (Å²) in [5, 5.41) is 5.59. The van der Waals surface area contributed by atoms with Gasteiger partial charge in [-0.05, 0) is 36.1 Å². The fourth-order valence-electron chi connectivity index (χ4n) is 4.14. The topological polar surface area (TPSA) is 184 Å². The van der Waals surface area contributed by atoms with Crippen molar-refractivity contribution in [1.29, 1.82) is 0 Å². The third kappa shape index (κ3) is 9.70. The molecule has 0 aliphatic heterocycles. The molecule has 0 spiro atoms. The van der Waals surface area contributed by atoms with Gasteiger partial charge in [-0.3, -0.25) is 14.4 Å². The summed E-state index contributed by atoms with van der Waals surface area (Å²) in [6.45, 7) is 1.30. The van der Waals surface area contributed by atoms with E-state index in [1.165, 1.54) is 26.2 Å². The molecule has 0 aliphatic carbocycles. The molecule has 0 aliphatic rings. The summed E-state index contributed by atoms with van der Waals surface area (Å²) < 4.78 is 16.1. The van der Waals surface area contributed by atoms with Crippen molar-refractivity contribution in [3.05, 3.63) is 53.6 Å². The van der Waals surface area contributed by atoms with E-state index < -0.39 is 23.9 Å². The molecule has 2 rings (SSSR count). The molecule has 8 N–H and O–H groups in total. The first kappa shape index (κ1) is 32.3. The second-order valence-corrected chi connectivity index (χ2v) is 9.11. The molecule has 220 valence electrons. The second-order valence-electron chi connectivity index (χ2n) is 9.11. The van der Waals surface area contributed by atoms with Crippen molar-refractivity contribution in [1.82, 2.24) is 15.5 Å². The van der Waals surface area contributed by atoms with E-state index in [9.17, 15) is 14.4 Å². The fraction of sp³-hybridized carbons (Fsp3) is 0.464. The number of nitrogens with two attached hydrogens (primary N) is 3. The highest BCUT2D eigenvalue weighted by atomic mass is 16.5. The van der Waals surface area contributed by atoms with Gasteiger partial charge in [0.1, 0.15) is 6.04 Å². The number of nitrogens with one attached hydrogen (secondary N) is 2. The lowest BCUT2D eigenvalue weighted by Gasteiger charge is -2.24. The van der Waals surface area contributed by atoms with Gasteiger partial charge in [0.15, 0.2) is 11.5 Å². The van der Waals surface area contributed by atoms with Gasteiger partial charge in [0.2, 0.25) is 23.5 Å². The Morgan fingerprint density at radius 2 is 1.48 bits per heavy atom. The Morgan fingerprint density at radius 1 is 0.875 bits per heavy atom. The fourth-order valence-corrected chi connectivity index (χ4v) is 4.14. The van der Waals surface area contributed by atoms with E-state index in [0.717, 1.165) is 5.56 Å². The van der Waals surface area contributed by atoms with Gasteiger partial charge < -0.3 is 46.9 Å². The third-order valence-corrected chi connectivity index (χ3v) is 6.27. The average Bonchev–Trinajstić information content (AvgIpc) is 2.97. The highest BCUT2D eigenvalue weighted by Crippen LogP contribution is 2.38. The van der Waals surface area contributed by atoms with Gasteiger partial charge >= 0.3 is 0 Å². The number of rotatable bonds is 17. The van der Waals surface area contributed by atoms with E-state index in [4.69, 9.17) is 31.4 Å². The standard InChI is InChI=1S/C28H42N6O6/c1-38-23-15-20(16-24(39-2)26(23)40-3)18-32-28(37)22(10-9-19-7-5-4-6-8-19)33-27(36)21(31)17-25(35)34(13-11-29)14-12-30/h4-8,15-16,21-22H,9-14,17-18,29-31H2,1-3H3,(H,32,37)(H,33,36)/t21-,22-/m0/s1. The largest absolute Gasteiger partial charge is 0.493 e. The molecule has 12 nitrogen and oxygen atoms in total. The molecular formula is C28H42N6O6. The van der Waals surface area contributed by atoms with Crippen LogP contribution in [0.5, 0.6) is 17.2 Å². The molecule has 2 atom stereocenters. The van der Waals surface area contributed by atoms with Crippen LogP contribution < -0.4 is 42.0 Å². The predicted octanol–water partition coefficient (Wildman–Crippen LogP) is -0.0904. The average molecular weight is 559 g/mol. The zero-order chi connectivity index (χ0) is 29.5. The van der Waals surface area contributed by atoms with Gasteiger partial charge in [-0.2, -0.15) is 0 Å². The monoisotopic (exact) mass is 558 g/mol. The van der Waals surface area contributed by atoms with Gasteiger partial charge in [0, 0.05) is 32.7 Å². The van der Waals surface area contributed by atoms with Crippen LogP contribution in [-0.2, 0) is 27.3 Å². The van der Waals surface area contributed by atoms with Crippen LogP contribution in [-0.4, -0.2) is 82.2 Å². The SMILES string of the molecule is COc1cc(CNC(=O)[C@H](CCc2ccccc2)NC(=O)[C@@H](N)CC(=O)N(CCN)CCN)cc(OC)c1OC. The first-order chi connectivity index (χ1) is 19.3. The van der Waals surface area contributed by atoms with Gasteiger partial charge in [0.25, 0.3) is 0 Å². The predicted molar refractivity (Wildman–Crippen MR) is 152 cm³/mol. The van der Waals surface area contributed by atoms with Crippen LogP contribution in [0.1, 0.15) is 24.0 Å². The van der Waals surface area contributed by atoms with Gasteiger partial charge in [-0.25, -0.2) is 0 Å². The zero-order valence-electron chi connectivity index (χ0n) is 23.5. The summed E-state index contributed by atoms with van der Waals surface area (Å²) >= 11 is 0. The Hall–Kier alpha value is -3.87. The molecular weight excluding hydrogens is 516 g/mol. The number of methoxy groups -OCH3 is 3. The van der Waals surface area contributed by atoms with Crippen molar-refractivity contribution in [2.75, 3.05) is 47.5 Å². The molecule has 12 heteroatoms. The minimum Gasteiger partial charge on any atom is -0.493 e. The maximum absolute atomic E-state index is 13.3. The van der Waals surface area contributed by atoms with Crippen molar-refractivity contribution in [2.45, 2.75) is 37.9 Å². The molecule has 2 aromatic carbocycles. The molecule has 0 radical (unpaired) electrons. The Morgan fingerprint density at radius 3 is 2.00 bits per heavy atom. The number of nitrogens with zero attached hydrogens (tertiary/aromatic N) is 1. The van der Waals surface area contributed by atoms with Crippen molar-refractivity contribution in [3.8, 4) is 17.2 Å². The number of carbonyl (C=O) groups is 3. The summed E-state index contributed by atoms with van der Waals surface area (Å²) in [7, 11) is 4.52. The van der Waals surface area contributed by atoms with Crippen molar-refractivity contribution in [2.24, 2.45) is 17.2 Å². The summed E-state index contributed by atoms with van der Waals surface area (Å²) in [6, 6.07) is 11.0. The van der Waals surface area contributed by atoms with Crippen molar-refractivity contribution < 1.29 is 28.6 Å². The quantitative estimate of drug-likeness (QED) is 0.177. The number of hydrogen-bond donors (Lipinski definition) is 5. The number of hydrogen-bond acceptors (Lipinski definition) is 9. The normalized spacial score (nSPS) is 12.2. The summed E-state index contributed by atoms with van der Waals surface area (Å²) in [5.41, 5.74) is 18.9. The molecule has 0 fully saturated rings. The first-order valence-corrected chi connectivity index (χ1v) is 13.1. The van der Waals surface area contributed by atoms with Crippen LogP contribution >= 0.6 is 0 Å². The second kappa shape index (κ2) is 17.0. The summed E-state index contributed by atoms with van der Waals surface area (Å²) in [4.78, 5) is 40.3. The molecule has 0 bridgehead atoms. The summed E-state index contributed by atoms with van der Waals surface area (Å²) in [6.07, 6.45) is 0.632. The van der Waals surface area contributed by atoms with Crippen molar-refractivity contribution >= 4 is 17.7 Å². The van der Waals surface area contributed by atoms with Crippen LogP contribution in [0.2, 0.25) is 0 Å². The molecule has 0 heterocycles. The number of carbonyl (C=O) groups excluding carboxylic acids is 3. The van der Waals surface area contributed by atoms with E-state index in [0.29, 0.717) is 48.7 Å². The smallest absolute Gasteiger partial charge is 0.242 e. The van der Waals surface area contributed by atoms with E-state index in [1.807, 2.05) is 30.3 Å². The van der Waals surface area contributed by atoms with Gasteiger partial charge in [0.05, 0.1) is 33.8 Å². The number of benzene rings is 2. The Kier molecular flexibility index (Phi) is 13.7. The van der Waals surface area contributed by atoms with Crippen LogP contribution in [0.4, 0.5) is 0 Å². The lowest BCUT2D eigenvalue weighted by molar-refractivity contribution is -0.135. The maximum Gasteiger partial charge on any atom is 0.242 e. The highest BCUT2D eigenvalue weighted by Gasteiger charge is 2.26. The Balaban J connectivity index is 2.13. The van der Waals surface area contributed by atoms with E-state index in [2.05, 4.69) is 10.6 Å². The van der Waals surface area contributed by atoms with E-state index >= 15 is 0 Å². The lowest BCUT2D eigenvalue weighted by Crippen LogP contribution is -2.53. The molecule has 0 unspecified atom stereocenters. The van der Waals surface area contributed by atoms with E-state index in [-0.39, 0.29) is 32.0 Å². The van der Waals surface area contributed by atoms with E-state index in [1.54, 1.807) is 12.1 Å². The van der Waals surface area contributed by atoms with Gasteiger partial charge in [-0.15, -0.1) is 0 Å². The molecule has 3 amide bonds. The Labute approximate surface area is 235 Å². The van der Waals surface area contributed by atoms with Gasteiger partial charge in [-0.1, -0.05) is 30.3 Å². The molecule has 2 aromatic rings. The number of ether oxygens (including phenoxy) is 3. The summed E-state index contributed by atoms with van der Waals surface area (Å²) in [5.74, 6) is 0.0153.